The normalized spacial score (nSPS) is 20.0. The van der Waals surface area contributed by atoms with Crippen LogP contribution in [0.25, 0.3) is 0 Å². The quantitative estimate of drug-likeness (QED) is 0.725. The topological polar surface area (TPSA) is 49.8 Å². The van der Waals surface area contributed by atoms with E-state index in [0.29, 0.717) is 19.6 Å². The van der Waals surface area contributed by atoms with E-state index in [1.165, 1.54) is 0 Å². The smallest absolute Gasteiger partial charge is 0.411 e. The van der Waals surface area contributed by atoms with Crippen molar-refractivity contribution >= 4 is 5.97 Å². The Kier molecular flexibility index (Phi) is 4.76. The van der Waals surface area contributed by atoms with Gasteiger partial charge < -0.3 is 14.7 Å². The highest BCUT2D eigenvalue weighted by molar-refractivity contribution is 5.70. The summed E-state index contributed by atoms with van der Waals surface area (Å²) in [6.45, 7) is 2.08. The molecule has 17 heavy (non-hydrogen) atoms. The number of carboxylic acid groups (broad SMARTS) is 1. The molecule has 1 saturated heterocycles. The molecule has 0 spiro atoms. The van der Waals surface area contributed by atoms with Crippen LogP contribution < -0.4 is 0 Å². The van der Waals surface area contributed by atoms with E-state index >= 15 is 0 Å². The van der Waals surface area contributed by atoms with E-state index in [0.717, 1.165) is 0 Å². The van der Waals surface area contributed by atoms with Gasteiger partial charge in [0.25, 0.3) is 0 Å². The molecule has 1 aliphatic rings. The van der Waals surface area contributed by atoms with Gasteiger partial charge in [0.2, 0.25) is 0 Å². The summed E-state index contributed by atoms with van der Waals surface area (Å²) in [7, 11) is 0. The van der Waals surface area contributed by atoms with E-state index < -0.39 is 24.7 Å². The summed E-state index contributed by atoms with van der Waals surface area (Å²) >= 11 is 0. The minimum atomic E-state index is -4.28. The second kappa shape index (κ2) is 5.68. The van der Waals surface area contributed by atoms with E-state index in [4.69, 9.17) is 5.11 Å². The van der Waals surface area contributed by atoms with Crippen molar-refractivity contribution in [3.05, 3.63) is 0 Å². The van der Waals surface area contributed by atoms with Gasteiger partial charge in [-0.15, -0.1) is 0 Å². The first kappa shape index (κ1) is 14.2. The second-order valence-corrected chi connectivity index (χ2v) is 4.31. The number of aliphatic carboxylic acids is 1. The highest BCUT2D eigenvalue weighted by atomic mass is 19.4. The molecule has 0 aromatic carbocycles. The van der Waals surface area contributed by atoms with Crippen LogP contribution in [-0.4, -0.2) is 55.0 Å². The van der Waals surface area contributed by atoms with E-state index in [-0.39, 0.29) is 12.5 Å². The van der Waals surface area contributed by atoms with E-state index in [9.17, 15) is 18.0 Å². The molecule has 100 valence electrons. The summed E-state index contributed by atoms with van der Waals surface area (Å²) in [5.74, 6) is -1.14. The molecule has 0 amide bonds. The number of carbonyl (C=O) groups is 1. The van der Waals surface area contributed by atoms with Gasteiger partial charge in [-0.3, -0.25) is 4.79 Å². The first-order valence-corrected chi connectivity index (χ1v) is 5.39. The fourth-order valence-corrected chi connectivity index (χ4v) is 1.69. The SMILES string of the molecule is CC(C(=O)O)C1CN(CCOCC(F)(F)F)C1. The average molecular weight is 255 g/mol. The molecule has 1 N–H and O–H groups in total. The maximum absolute atomic E-state index is 11.7. The van der Waals surface area contributed by atoms with Gasteiger partial charge in [0.1, 0.15) is 6.61 Å². The van der Waals surface area contributed by atoms with Crippen LogP contribution in [0.4, 0.5) is 13.2 Å². The van der Waals surface area contributed by atoms with E-state index in [1.807, 2.05) is 4.90 Å². The predicted octanol–water partition coefficient (Wildman–Crippen LogP) is 1.22. The Morgan fingerprint density at radius 2 is 2.12 bits per heavy atom. The lowest BCUT2D eigenvalue weighted by molar-refractivity contribution is -0.175. The molecular formula is C10H16F3NO3. The van der Waals surface area contributed by atoms with Gasteiger partial charge in [-0.25, -0.2) is 0 Å². The molecule has 1 aliphatic heterocycles. The number of carboxylic acids is 1. The van der Waals surface area contributed by atoms with E-state index in [1.54, 1.807) is 6.92 Å². The Bertz CT molecular complexity index is 264. The van der Waals surface area contributed by atoms with Crippen molar-refractivity contribution < 1.29 is 27.8 Å². The number of rotatable bonds is 6. The van der Waals surface area contributed by atoms with Crippen LogP contribution in [0, 0.1) is 11.8 Å². The van der Waals surface area contributed by atoms with Crippen molar-refractivity contribution in [2.45, 2.75) is 13.1 Å². The highest BCUT2D eigenvalue weighted by Gasteiger charge is 2.34. The first-order valence-electron chi connectivity index (χ1n) is 5.39. The van der Waals surface area contributed by atoms with Crippen molar-refractivity contribution in [3.8, 4) is 0 Å². The fraction of sp³-hybridized carbons (Fsp3) is 0.900. The van der Waals surface area contributed by atoms with Crippen molar-refractivity contribution in [1.82, 2.24) is 4.90 Å². The lowest BCUT2D eigenvalue weighted by Crippen LogP contribution is -2.51. The Morgan fingerprint density at radius 1 is 1.53 bits per heavy atom. The standard InChI is InChI=1S/C10H16F3NO3/c1-7(9(15)16)8-4-14(5-8)2-3-17-6-10(11,12)13/h7-8H,2-6H2,1H3,(H,15,16). The molecule has 1 heterocycles. The summed E-state index contributed by atoms with van der Waals surface area (Å²) in [6, 6.07) is 0. The Hall–Kier alpha value is -0.820. The summed E-state index contributed by atoms with van der Waals surface area (Å²) in [4.78, 5) is 12.5. The van der Waals surface area contributed by atoms with Gasteiger partial charge in [0.05, 0.1) is 12.5 Å². The average Bonchev–Trinajstić information content (AvgIpc) is 2.11. The molecule has 1 fully saturated rings. The third kappa shape index (κ3) is 4.91. The van der Waals surface area contributed by atoms with Gasteiger partial charge in [-0.1, -0.05) is 6.92 Å². The molecule has 0 aromatic heterocycles. The zero-order valence-corrected chi connectivity index (χ0v) is 9.54. The molecule has 0 bridgehead atoms. The Labute approximate surface area is 97.3 Å². The van der Waals surface area contributed by atoms with Crippen molar-refractivity contribution in [1.29, 1.82) is 0 Å². The zero-order chi connectivity index (χ0) is 13.1. The third-order valence-electron chi connectivity index (χ3n) is 2.90. The molecule has 7 heteroatoms. The van der Waals surface area contributed by atoms with Gasteiger partial charge in [0.15, 0.2) is 0 Å². The van der Waals surface area contributed by atoms with Crippen molar-refractivity contribution in [2.75, 3.05) is 32.8 Å². The minimum Gasteiger partial charge on any atom is -0.481 e. The fourth-order valence-electron chi connectivity index (χ4n) is 1.69. The molecule has 1 unspecified atom stereocenters. The van der Waals surface area contributed by atoms with Crippen LogP contribution >= 0.6 is 0 Å². The van der Waals surface area contributed by atoms with Crippen LogP contribution in [-0.2, 0) is 9.53 Å². The Balaban J connectivity index is 2.04. The second-order valence-electron chi connectivity index (χ2n) is 4.31. The number of halogens is 3. The maximum Gasteiger partial charge on any atom is 0.411 e. The lowest BCUT2D eigenvalue weighted by Gasteiger charge is -2.41. The summed E-state index contributed by atoms with van der Waals surface area (Å²) in [5.41, 5.74) is 0. The summed E-state index contributed by atoms with van der Waals surface area (Å²) in [6.07, 6.45) is -4.28. The molecule has 0 aliphatic carbocycles. The summed E-state index contributed by atoms with van der Waals surface area (Å²) in [5, 5.41) is 8.74. The van der Waals surface area contributed by atoms with Crippen LogP contribution in [0.3, 0.4) is 0 Å². The number of likely N-dealkylation sites (tertiary alicyclic amines) is 1. The number of ether oxygens (including phenoxy) is 1. The van der Waals surface area contributed by atoms with Crippen LogP contribution in [0.5, 0.6) is 0 Å². The summed E-state index contributed by atoms with van der Waals surface area (Å²) < 4.78 is 39.7. The zero-order valence-electron chi connectivity index (χ0n) is 9.54. The van der Waals surface area contributed by atoms with E-state index in [2.05, 4.69) is 4.74 Å². The van der Waals surface area contributed by atoms with Crippen LogP contribution in [0.2, 0.25) is 0 Å². The number of nitrogens with zero attached hydrogens (tertiary/aromatic N) is 1. The van der Waals surface area contributed by atoms with Crippen molar-refractivity contribution in [2.24, 2.45) is 11.8 Å². The van der Waals surface area contributed by atoms with Crippen LogP contribution in [0.1, 0.15) is 6.92 Å². The van der Waals surface area contributed by atoms with Gasteiger partial charge in [-0.05, 0) is 5.92 Å². The van der Waals surface area contributed by atoms with Crippen LogP contribution in [0.15, 0.2) is 0 Å². The van der Waals surface area contributed by atoms with Gasteiger partial charge in [0, 0.05) is 19.6 Å². The molecule has 0 aromatic rings. The largest absolute Gasteiger partial charge is 0.481 e. The number of hydrogen-bond donors (Lipinski definition) is 1. The number of hydrogen-bond acceptors (Lipinski definition) is 3. The predicted molar refractivity (Wildman–Crippen MR) is 53.6 cm³/mol. The molecule has 1 atom stereocenters. The van der Waals surface area contributed by atoms with Crippen molar-refractivity contribution in [3.63, 3.8) is 0 Å². The van der Waals surface area contributed by atoms with Gasteiger partial charge in [-0.2, -0.15) is 13.2 Å². The molecule has 0 radical (unpaired) electrons. The highest BCUT2D eigenvalue weighted by Crippen LogP contribution is 2.23. The van der Waals surface area contributed by atoms with Gasteiger partial charge >= 0.3 is 12.1 Å². The Morgan fingerprint density at radius 3 is 2.59 bits per heavy atom. The molecular weight excluding hydrogens is 239 g/mol. The molecule has 4 nitrogen and oxygen atoms in total. The molecule has 1 rings (SSSR count). The molecule has 0 saturated carbocycles. The first-order chi connectivity index (χ1) is 7.79. The third-order valence-corrected chi connectivity index (χ3v) is 2.90. The number of alkyl halides is 3. The lowest BCUT2D eigenvalue weighted by atomic mass is 9.87. The maximum atomic E-state index is 11.7. The monoisotopic (exact) mass is 255 g/mol. The minimum absolute atomic E-state index is 0.0215.